The van der Waals surface area contributed by atoms with Crippen molar-refractivity contribution in [1.82, 2.24) is 0 Å². The van der Waals surface area contributed by atoms with Gasteiger partial charge in [0.1, 0.15) is 5.75 Å². The van der Waals surface area contributed by atoms with Crippen molar-refractivity contribution in [2.45, 2.75) is 11.2 Å². The van der Waals surface area contributed by atoms with E-state index in [2.05, 4.69) is 15.9 Å². The Hall–Kier alpha value is -0.830. The normalized spacial score (nSPS) is 20.2. The van der Waals surface area contributed by atoms with Crippen LogP contribution in [0.15, 0.2) is 18.2 Å². The fraction of sp³-hybridized carbons (Fsp3) is 0.300. The summed E-state index contributed by atoms with van der Waals surface area (Å²) in [6.45, 7) is 0. The molecule has 0 radical (unpaired) electrons. The maximum atomic E-state index is 11.6. The minimum absolute atomic E-state index is 0.0706. The number of ketones is 1. The second-order valence-electron chi connectivity index (χ2n) is 3.03. The maximum Gasteiger partial charge on any atom is 0.180 e. The van der Waals surface area contributed by atoms with Crippen LogP contribution in [-0.2, 0) is 6.42 Å². The number of benzene rings is 1. The molecule has 0 saturated carbocycles. The van der Waals surface area contributed by atoms with Crippen molar-refractivity contribution in [3.63, 3.8) is 0 Å². The third-order valence-electron chi connectivity index (χ3n) is 2.26. The second-order valence-corrected chi connectivity index (χ2v) is 4.14. The molecule has 0 spiro atoms. The molecule has 1 unspecified atom stereocenters. The third-order valence-corrected chi connectivity index (χ3v) is 3.00. The van der Waals surface area contributed by atoms with Crippen LogP contribution in [0.1, 0.15) is 15.9 Å². The number of halogens is 1. The highest BCUT2D eigenvalue weighted by atomic mass is 79.9. The summed E-state index contributed by atoms with van der Waals surface area (Å²) in [5.74, 6) is 0.817. The van der Waals surface area contributed by atoms with Crippen LogP contribution in [-0.4, -0.2) is 17.7 Å². The first-order chi connectivity index (χ1) is 6.24. The molecule has 1 aromatic rings. The molecular formula is C10H9BrO2. The van der Waals surface area contributed by atoms with Crippen LogP contribution in [0.2, 0.25) is 0 Å². The highest BCUT2D eigenvalue weighted by molar-refractivity contribution is 9.10. The maximum absolute atomic E-state index is 11.6. The van der Waals surface area contributed by atoms with Gasteiger partial charge in [-0.25, -0.2) is 0 Å². The Labute approximate surface area is 85.0 Å². The summed E-state index contributed by atoms with van der Waals surface area (Å²) in [5, 5.41) is 0. The standard InChI is InChI=1S/C10H9BrO2/c1-13-8-4-2-3-6-5-7(11)10(12)9(6)8/h2-4,7H,5H2,1H3. The largest absolute Gasteiger partial charge is 0.496 e. The molecule has 1 aliphatic carbocycles. The summed E-state index contributed by atoms with van der Waals surface area (Å²) in [6, 6.07) is 5.70. The Morgan fingerprint density at radius 3 is 3.00 bits per heavy atom. The predicted octanol–water partition coefficient (Wildman–Crippen LogP) is 2.20. The Morgan fingerprint density at radius 2 is 2.31 bits per heavy atom. The van der Waals surface area contributed by atoms with Gasteiger partial charge in [0.25, 0.3) is 0 Å². The van der Waals surface area contributed by atoms with Crippen molar-refractivity contribution in [3.8, 4) is 5.75 Å². The molecule has 0 saturated heterocycles. The number of alkyl halides is 1. The molecule has 1 aromatic carbocycles. The molecule has 0 aromatic heterocycles. The Bertz CT molecular complexity index is 360. The van der Waals surface area contributed by atoms with Crippen molar-refractivity contribution in [2.75, 3.05) is 7.11 Å². The van der Waals surface area contributed by atoms with Crippen LogP contribution in [0.4, 0.5) is 0 Å². The van der Waals surface area contributed by atoms with E-state index in [1.54, 1.807) is 7.11 Å². The van der Waals surface area contributed by atoms with Crippen LogP contribution in [0.25, 0.3) is 0 Å². The smallest absolute Gasteiger partial charge is 0.180 e. The lowest BCUT2D eigenvalue weighted by Gasteiger charge is -2.04. The number of methoxy groups -OCH3 is 1. The predicted molar refractivity (Wildman–Crippen MR) is 53.7 cm³/mol. The van der Waals surface area contributed by atoms with Crippen molar-refractivity contribution in [2.24, 2.45) is 0 Å². The average Bonchev–Trinajstić information content (AvgIpc) is 2.43. The minimum atomic E-state index is -0.0706. The molecule has 0 bridgehead atoms. The van der Waals surface area contributed by atoms with Gasteiger partial charge in [-0.3, -0.25) is 4.79 Å². The van der Waals surface area contributed by atoms with Gasteiger partial charge in [-0.2, -0.15) is 0 Å². The Kier molecular flexibility index (Phi) is 2.12. The van der Waals surface area contributed by atoms with Gasteiger partial charge in [0, 0.05) is 0 Å². The van der Waals surface area contributed by atoms with Gasteiger partial charge in [0.05, 0.1) is 17.5 Å². The molecule has 0 aliphatic heterocycles. The van der Waals surface area contributed by atoms with E-state index in [-0.39, 0.29) is 10.6 Å². The van der Waals surface area contributed by atoms with Gasteiger partial charge < -0.3 is 4.74 Å². The summed E-state index contributed by atoms with van der Waals surface area (Å²) >= 11 is 3.34. The zero-order valence-corrected chi connectivity index (χ0v) is 8.80. The molecule has 68 valence electrons. The fourth-order valence-electron chi connectivity index (χ4n) is 1.64. The monoisotopic (exact) mass is 240 g/mol. The van der Waals surface area contributed by atoms with Crippen molar-refractivity contribution >= 4 is 21.7 Å². The topological polar surface area (TPSA) is 26.3 Å². The molecule has 2 nitrogen and oxygen atoms in total. The SMILES string of the molecule is COc1cccc2c1C(=O)C(Br)C2. The molecule has 3 heteroatoms. The van der Waals surface area contributed by atoms with E-state index in [0.717, 1.165) is 17.5 Å². The van der Waals surface area contributed by atoms with Gasteiger partial charge in [-0.05, 0) is 18.1 Å². The molecule has 1 aliphatic rings. The zero-order chi connectivity index (χ0) is 9.42. The van der Waals surface area contributed by atoms with E-state index in [1.807, 2.05) is 18.2 Å². The molecule has 2 rings (SSSR count). The number of hydrogen-bond donors (Lipinski definition) is 0. The number of fused-ring (bicyclic) bond motifs is 1. The first-order valence-corrected chi connectivity index (χ1v) is 4.99. The first-order valence-electron chi connectivity index (χ1n) is 4.08. The van der Waals surface area contributed by atoms with Gasteiger partial charge in [-0.15, -0.1) is 0 Å². The van der Waals surface area contributed by atoms with Gasteiger partial charge in [0.2, 0.25) is 0 Å². The quantitative estimate of drug-likeness (QED) is 0.704. The van der Waals surface area contributed by atoms with Gasteiger partial charge in [-0.1, -0.05) is 28.1 Å². The van der Waals surface area contributed by atoms with Crippen LogP contribution >= 0.6 is 15.9 Å². The molecule has 0 heterocycles. The summed E-state index contributed by atoms with van der Waals surface area (Å²) < 4.78 is 5.13. The number of hydrogen-bond acceptors (Lipinski definition) is 2. The molecular weight excluding hydrogens is 232 g/mol. The van der Waals surface area contributed by atoms with E-state index >= 15 is 0 Å². The van der Waals surface area contributed by atoms with Crippen molar-refractivity contribution in [1.29, 1.82) is 0 Å². The lowest BCUT2D eigenvalue weighted by molar-refractivity contribution is 0.0999. The third kappa shape index (κ3) is 1.27. The van der Waals surface area contributed by atoms with E-state index in [4.69, 9.17) is 4.74 Å². The second kappa shape index (κ2) is 3.14. The van der Waals surface area contributed by atoms with E-state index in [0.29, 0.717) is 5.75 Å². The molecule has 0 fully saturated rings. The number of carbonyl (C=O) groups excluding carboxylic acids is 1. The van der Waals surface area contributed by atoms with Crippen molar-refractivity contribution < 1.29 is 9.53 Å². The summed E-state index contributed by atoms with van der Waals surface area (Å²) in [5.41, 5.74) is 1.82. The highest BCUT2D eigenvalue weighted by Gasteiger charge is 2.30. The van der Waals surface area contributed by atoms with Gasteiger partial charge in [0.15, 0.2) is 5.78 Å². The summed E-state index contributed by atoms with van der Waals surface area (Å²) in [4.78, 5) is 11.6. The Balaban J connectivity index is 2.58. The lowest BCUT2D eigenvalue weighted by Crippen LogP contribution is -2.07. The molecule has 1 atom stereocenters. The molecule has 0 N–H and O–H groups in total. The summed E-state index contributed by atoms with van der Waals surface area (Å²) in [7, 11) is 1.59. The lowest BCUT2D eigenvalue weighted by atomic mass is 10.1. The van der Waals surface area contributed by atoms with Crippen LogP contribution in [0, 0.1) is 0 Å². The highest BCUT2D eigenvalue weighted by Crippen LogP contribution is 2.33. The van der Waals surface area contributed by atoms with E-state index in [1.165, 1.54) is 0 Å². The van der Waals surface area contributed by atoms with E-state index in [9.17, 15) is 4.79 Å². The first kappa shape index (κ1) is 8.75. The fourth-order valence-corrected chi connectivity index (χ4v) is 2.22. The van der Waals surface area contributed by atoms with Crippen LogP contribution in [0.5, 0.6) is 5.75 Å². The summed E-state index contributed by atoms with van der Waals surface area (Å²) in [6.07, 6.45) is 0.769. The number of rotatable bonds is 1. The van der Waals surface area contributed by atoms with Crippen LogP contribution < -0.4 is 4.74 Å². The minimum Gasteiger partial charge on any atom is -0.496 e. The molecule has 13 heavy (non-hydrogen) atoms. The van der Waals surface area contributed by atoms with Crippen molar-refractivity contribution in [3.05, 3.63) is 29.3 Å². The van der Waals surface area contributed by atoms with E-state index < -0.39 is 0 Å². The van der Waals surface area contributed by atoms with Gasteiger partial charge >= 0.3 is 0 Å². The number of carbonyl (C=O) groups is 1. The number of ether oxygens (including phenoxy) is 1. The molecule has 0 amide bonds. The number of Topliss-reactive ketones (excluding diaryl/α,β-unsaturated/α-hetero) is 1. The zero-order valence-electron chi connectivity index (χ0n) is 7.21. The Morgan fingerprint density at radius 1 is 1.54 bits per heavy atom. The average molecular weight is 241 g/mol. The van der Waals surface area contributed by atoms with Crippen LogP contribution in [0.3, 0.4) is 0 Å².